The van der Waals surface area contributed by atoms with Crippen LogP contribution in [0, 0.1) is 0 Å². The van der Waals surface area contributed by atoms with E-state index in [-0.39, 0.29) is 23.5 Å². The van der Waals surface area contributed by atoms with Crippen LogP contribution in [0.25, 0.3) is 17.1 Å². The molecule has 4 rings (SSSR count). The number of benzene rings is 2. The molecule has 1 atom stereocenters. The molecule has 7 heteroatoms. The second-order valence-electron chi connectivity index (χ2n) is 7.49. The number of ether oxygens (including phenoxy) is 1. The largest absolute Gasteiger partial charge is 0.508 e. The molecule has 0 radical (unpaired) electrons. The molecule has 1 aromatic heterocycles. The van der Waals surface area contributed by atoms with Crippen molar-refractivity contribution in [2.24, 2.45) is 0 Å². The van der Waals surface area contributed by atoms with Crippen molar-refractivity contribution in [1.29, 1.82) is 0 Å². The normalized spacial score (nSPS) is 15.9. The van der Waals surface area contributed by atoms with Crippen molar-refractivity contribution in [2.75, 3.05) is 7.11 Å². The predicted octanol–water partition coefficient (Wildman–Crippen LogP) is 2.88. The van der Waals surface area contributed by atoms with Crippen molar-refractivity contribution in [1.82, 2.24) is 14.8 Å². The van der Waals surface area contributed by atoms with Crippen molar-refractivity contribution >= 4 is 0 Å². The number of hydrogen-bond acceptors (Lipinski definition) is 5. The Morgan fingerprint density at radius 2 is 1.89 bits per heavy atom. The van der Waals surface area contributed by atoms with Crippen LogP contribution in [-0.4, -0.2) is 38.2 Å². The molecular formula is C21H23N3O4. The maximum atomic E-state index is 12.5. The van der Waals surface area contributed by atoms with Gasteiger partial charge in [-0.3, -0.25) is 0 Å². The average molecular weight is 381 g/mol. The van der Waals surface area contributed by atoms with Gasteiger partial charge in [-0.15, -0.1) is 0 Å². The number of H-pyrrole nitrogens is 1. The molecule has 3 N–H and O–H groups in total. The van der Waals surface area contributed by atoms with E-state index in [9.17, 15) is 15.0 Å². The fourth-order valence-corrected chi connectivity index (χ4v) is 3.82. The number of phenols is 2. The maximum Gasteiger partial charge on any atom is 0.348 e. The van der Waals surface area contributed by atoms with Gasteiger partial charge in [-0.1, -0.05) is 19.9 Å². The zero-order valence-corrected chi connectivity index (χ0v) is 16.1. The smallest absolute Gasteiger partial charge is 0.348 e. The molecule has 1 heterocycles. The Morgan fingerprint density at radius 3 is 2.61 bits per heavy atom. The summed E-state index contributed by atoms with van der Waals surface area (Å²) >= 11 is 0. The number of nitrogens with zero attached hydrogens (tertiary/aromatic N) is 2. The Morgan fingerprint density at radius 1 is 1.14 bits per heavy atom. The van der Waals surface area contributed by atoms with E-state index in [0.717, 1.165) is 18.4 Å². The lowest BCUT2D eigenvalue weighted by Gasteiger charge is -2.13. The minimum absolute atomic E-state index is 0.0174. The molecule has 0 saturated carbocycles. The van der Waals surface area contributed by atoms with Crippen LogP contribution in [0.2, 0.25) is 0 Å². The first-order valence-electron chi connectivity index (χ1n) is 9.27. The number of fused-ring (bicyclic) bond motifs is 1. The number of aromatic hydroxyl groups is 2. The van der Waals surface area contributed by atoms with Crippen LogP contribution in [0.4, 0.5) is 0 Å². The fraction of sp³-hybridized carbons (Fsp3) is 0.333. The second kappa shape index (κ2) is 6.83. The van der Waals surface area contributed by atoms with Gasteiger partial charge in [0.05, 0.1) is 17.4 Å². The average Bonchev–Trinajstić information content (AvgIpc) is 3.23. The van der Waals surface area contributed by atoms with Crippen LogP contribution in [0.5, 0.6) is 11.5 Å². The van der Waals surface area contributed by atoms with Crippen LogP contribution < -0.4 is 5.69 Å². The van der Waals surface area contributed by atoms with Crippen molar-refractivity contribution < 1.29 is 14.9 Å². The Labute approximate surface area is 162 Å². The van der Waals surface area contributed by atoms with E-state index in [1.165, 1.54) is 16.2 Å². The molecule has 1 aliphatic rings. The number of aromatic nitrogens is 3. The summed E-state index contributed by atoms with van der Waals surface area (Å²) in [6.45, 7) is 3.89. The van der Waals surface area contributed by atoms with Crippen molar-refractivity contribution in [3.63, 3.8) is 0 Å². The first kappa shape index (κ1) is 18.3. The van der Waals surface area contributed by atoms with E-state index in [2.05, 4.69) is 10.2 Å². The number of hydrogen-bond donors (Lipinski definition) is 3. The highest BCUT2D eigenvalue weighted by molar-refractivity contribution is 5.69. The number of phenolic OH excluding ortho intramolecular Hbond substituents is 2. The van der Waals surface area contributed by atoms with Gasteiger partial charge in [-0.25, -0.2) is 14.5 Å². The second-order valence-corrected chi connectivity index (χ2v) is 7.49. The van der Waals surface area contributed by atoms with Gasteiger partial charge in [-0.05, 0) is 53.6 Å². The van der Waals surface area contributed by atoms with Crippen molar-refractivity contribution in [3.8, 4) is 28.6 Å². The van der Waals surface area contributed by atoms with Gasteiger partial charge < -0.3 is 14.9 Å². The van der Waals surface area contributed by atoms with Crippen LogP contribution in [0.1, 0.15) is 36.5 Å². The number of nitrogens with one attached hydrogen (secondary N) is 1. The van der Waals surface area contributed by atoms with Crippen LogP contribution in [-0.2, 0) is 17.6 Å². The summed E-state index contributed by atoms with van der Waals surface area (Å²) in [7, 11) is 1.70. The van der Waals surface area contributed by atoms with Gasteiger partial charge in [-0.2, -0.15) is 5.10 Å². The molecule has 146 valence electrons. The minimum Gasteiger partial charge on any atom is -0.508 e. The Kier molecular flexibility index (Phi) is 4.47. The molecule has 0 fully saturated rings. The van der Waals surface area contributed by atoms with Gasteiger partial charge in [0.15, 0.2) is 5.82 Å². The molecule has 1 aliphatic carbocycles. The molecule has 0 aliphatic heterocycles. The Balaban J connectivity index is 1.85. The molecule has 0 bridgehead atoms. The van der Waals surface area contributed by atoms with Gasteiger partial charge in [0, 0.05) is 13.2 Å². The molecule has 2 aromatic carbocycles. The van der Waals surface area contributed by atoms with Gasteiger partial charge >= 0.3 is 5.69 Å². The zero-order chi connectivity index (χ0) is 20.0. The summed E-state index contributed by atoms with van der Waals surface area (Å²) in [5.41, 5.74) is 3.68. The first-order chi connectivity index (χ1) is 13.4. The number of methoxy groups -OCH3 is 1. The highest BCUT2D eigenvalue weighted by Crippen LogP contribution is 2.37. The first-order valence-corrected chi connectivity index (χ1v) is 9.27. The molecule has 0 saturated heterocycles. The van der Waals surface area contributed by atoms with E-state index in [0.29, 0.717) is 22.6 Å². The third-order valence-electron chi connectivity index (χ3n) is 5.36. The lowest BCUT2D eigenvalue weighted by atomic mass is 9.98. The van der Waals surface area contributed by atoms with E-state index < -0.39 is 5.69 Å². The lowest BCUT2D eigenvalue weighted by molar-refractivity contribution is 0.112. The maximum absolute atomic E-state index is 12.5. The summed E-state index contributed by atoms with van der Waals surface area (Å²) in [6, 6.07) is 8.81. The molecule has 7 nitrogen and oxygen atoms in total. The van der Waals surface area contributed by atoms with E-state index in [1.807, 2.05) is 32.0 Å². The highest BCUT2D eigenvalue weighted by Gasteiger charge is 2.23. The summed E-state index contributed by atoms with van der Waals surface area (Å²) in [4.78, 5) is 12.5. The monoisotopic (exact) mass is 381 g/mol. The van der Waals surface area contributed by atoms with Crippen molar-refractivity contribution in [2.45, 2.75) is 38.7 Å². The molecule has 0 spiro atoms. The standard InChI is InChI=1S/C21H23N3O4/c1-11(2)16-9-17(19(26)10-18(16)25)20-22-23-21(27)24(20)14-5-4-12-7-15(28-3)8-13(12)6-14/h4-6,9-11,15,25-26H,7-8H2,1-3H3,(H,23,27). The summed E-state index contributed by atoms with van der Waals surface area (Å²) in [6.07, 6.45) is 1.81. The molecule has 1 unspecified atom stereocenters. The van der Waals surface area contributed by atoms with Crippen LogP contribution in [0.3, 0.4) is 0 Å². The fourth-order valence-electron chi connectivity index (χ4n) is 3.82. The Bertz CT molecular complexity index is 1100. The molecule has 3 aromatic rings. The molecular weight excluding hydrogens is 358 g/mol. The summed E-state index contributed by atoms with van der Waals surface area (Å²) < 4.78 is 6.90. The predicted molar refractivity (Wildman–Crippen MR) is 105 cm³/mol. The SMILES string of the molecule is COC1Cc2ccc(-n3c(-c4cc(C(C)C)c(O)cc4O)n[nH]c3=O)cc2C1. The van der Waals surface area contributed by atoms with Crippen molar-refractivity contribution in [3.05, 3.63) is 57.5 Å². The summed E-state index contributed by atoms with van der Waals surface area (Å²) in [5.74, 6) is 0.224. The van der Waals surface area contributed by atoms with Crippen LogP contribution in [0.15, 0.2) is 35.1 Å². The Hall–Kier alpha value is -3.06. The van der Waals surface area contributed by atoms with Gasteiger partial charge in [0.1, 0.15) is 11.5 Å². The number of aromatic amines is 1. The lowest BCUT2D eigenvalue weighted by Crippen LogP contribution is -2.16. The minimum atomic E-state index is -0.394. The molecule has 0 amide bonds. The van der Waals surface area contributed by atoms with E-state index in [4.69, 9.17) is 4.74 Å². The highest BCUT2D eigenvalue weighted by atomic mass is 16.5. The third-order valence-corrected chi connectivity index (χ3v) is 5.36. The zero-order valence-electron chi connectivity index (χ0n) is 16.1. The number of rotatable bonds is 4. The third kappa shape index (κ3) is 2.97. The van der Waals surface area contributed by atoms with Crippen LogP contribution >= 0.6 is 0 Å². The van der Waals surface area contributed by atoms with Gasteiger partial charge in [0.25, 0.3) is 0 Å². The topological polar surface area (TPSA) is 100 Å². The van der Waals surface area contributed by atoms with Gasteiger partial charge in [0.2, 0.25) is 0 Å². The summed E-state index contributed by atoms with van der Waals surface area (Å²) in [5, 5.41) is 27.1. The molecule has 28 heavy (non-hydrogen) atoms. The van der Waals surface area contributed by atoms with E-state index in [1.54, 1.807) is 13.2 Å². The quantitative estimate of drug-likeness (QED) is 0.645. The van der Waals surface area contributed by atoms with E-state index >= 15 is 0 Å².